The Labute approximate surface area is 501 Å². The van der Waals surface area contributed by atoms with Crippen molar-refractivity contribution in [1.29, 1.82) is 0 Å². The van der Waals surface area contributed by atoms with Crippen LogP contribution in [0.15, 0.2) is 182 Å². The molecule has 0 spiro atoms. The highest BCUT2D eigenvalue weighted by Gasteiger charge is 2.29. The minimum absolute atomic E-state index is 0.0772. The van der Waals surface area contributed by atoms with Gasteiger partial charge in [0.05, 0.1) is 40.3 Å². The SMILES string of the molecule is [2H]c1c([2H])c([2H])c(-c2cc(C(C)(C)C)cc(-c3cc(C(C)(C)C)cc(C(C)(C)C)c3)c2-[n+]2[c-]n(-c3cccc(Oc4ccc5c6ccccc6n(-c6cc(C(C)(C)C)ccn6)c5c4)c3)c3cc(-c4cc(C(C)(C)C)cc(C(C)(C)C)c4)ccc32)c([2H])c1[2H]. The summed E-state index contributed by atoms with van der Waals surface area (Å²) in [4.78, 5) is 4.94. The summed E-state index contributed by atoms with van der Waals surface area (Å²) in [6.45, 7) is 40.1. The van der Waals surface area contributed by atoms with E-state index < -0.39 is 23.5 Å². The molecule has 0 bridgehead atoms. The van der Waals surface area contributed by atoms with Crippen LogP contribution in [-0.2, 0) is 32.5 Å². The van der Waals surface area contributed by atoms with Gasteiger partial charge in [-0.3, -0.25) is 13.7 Å². The maximum Gasteiger partial charge on any atom is 0.269 e. The molecule has 0 aliphatic rings. The van der Waals surface area contributed by atoms with Gasteiger partial charge in [-0.15, -0.1) is 0 Å². The monoisotopic (exact) mass is 1100 g/mol. The van der Waals surface area contributed by atoms with Crippen LogP contribution in [-0.4, -0.2) is 14.1 Å². The van der Waals surface area contributed by atoms with Crippen molar-refractivity contribution in [3.05, 3.63) is 222 Å². The molecule has 0 fully saturated rings. The van der Waals surface area contributed by atoms with Crippen molar-refractivity contribution in [1.82, 2.24) is 14.1 Å². The molecule has 0 atom stereocenters. The average molecular weight is 1100 g/mol. The van der Waals surface area contributed by atoms with Crippen molar-refractivity contribution in [2.45, 2.75) is 157 Å². The average Bonchev–Trinajstić information content (AvgIpc) is 1.47. The Morgan fingerprint density at radius 2 is 0.964 bits per heavy atom. The van der Waals surface area contributed by atoms with E-state index in [1.54, 1.807) is 0 Å². The summed E-state index contributed by atoms with van der Waals surface area (Å²) in [5, 5.41) is 2.22. The third kappa shape index (κ3) is 11.2. The number of rotatable bonds is 8. The van der Waals surface area contributed by atoms with Gasteiger partial charge in [0, 0.05) is 23.0 Å². The summed E-state index contributed by atoms with van der Waals surface area (Å²) in [5.41, 5.74) is 15.3. The van der Waals surface area contributed by atoms with E-state index in [-0.39, 0.29) is 44.7 Å². The fourth-order valence-electron chi connectivity index (χ4n) is 11.1. The highest BCUT2D eigenvalue weighted by atomic mass is 16.5. The Morgan fingerprint density at radius 3 is 1.57 bits per heavy atom. The lowest BCUT2D eigenvalue weighted by atomic mass is 9.77. The van der Waals surface area contributed by atoms with Gasteiger partial charge in [-0.25, -0.2) is 4.98 Å². The first kappa shape index (κ1) is 50.7. The molecule has 11 aromatic rings. The molecule has 3 heterocycles. The summed E-state index contributed by atoms with van der Waals surface area (Å²) >= 11 is 0. The maximum absolute atomic E-state index is 9.67. The molecule has 83 heavy (non-hydrogen) atoms. The predicted molar refractivity (Wildman–Crippen MR) is 351 cm³/mol. The van der Waals surface area contributed by atoms with Crippen LogP contribution in [0.2, 0.25) is 0 Å². The van der Waals surface area contributed by atoms with Gasteiger partial charge in [-0.2, -0.15) is 0 Å². The number of fused-ring (bicyclic) bond motifs is 4. The van der Waals surface area contributed by atoms with Gasteiger partial charge in [0.2, 0.25) is 0 Å². The zero-order chi connectivity index (χ0) is 63.7. The van der Waals surface area contributed by atoms with Crippen LogP contribution >= 0.6 is 0 Å². The van der Waals surface area contributed by atoms with Gasteiger partial charge in [0.1, 0.15) is 17.3 Å². The Kier molecular flexibility index (Phi) is 12.5. The van der Waals surface area contributed by atoms with E-state index >= 15 is 0 Å². The van der Waals surface area contributed by atoms with Gasteiger partial charge >= 0.3 is 0 Å². The first-order valence-corrected chi connectivity index (χ1v) is 29.3. The quantitative estimate of drug-likeness (QED) is 0.112. The molecule has 0 aliphatic carbocycles. The van der Waals surface area contributed by atoms with Crippen molar-refractivity contribution >= 4 is 32.8 Å². The lowest BCUT2D eigenvalue weighted by Crippen LogP contribution is -2.32. The van der Waals surface area contributed by atoms with Crippen molar-refractivity contribution in [2.75, 3.05) is 0 Å². The largest absolute Gasteiger partial charge is 0.458 e. The van der Waals surface area contributed by atoms with Gasteiger partial charge in [-0.1, -0.05) is 240 Å². The van der Waals surface area contributed by atoms with Crippen molar-refractivity contribution in [2.24, 2.45) is 0 Å². The molecule has 422 valence electrons. The fraction of sp³-hybridized carbons (Fsp3) is 0.308. The Hall–Kier alpha value is -8.02. The molecular weight excluding hydrogens is 1010 g/mol. The molecule has 0 saturated heterocycles. The highest BCUT2D eigenvalue weighted by Crippen LogP contribution is 2.44. The number of hydrogen-bond acceptors (Lipinski definition) is 2. The lowest BCUT2D eigenvalue weighted by Gasteiger charge is -2.29. The molecule has 0 unspecified atom stereocenters. The van der Waals surface area contributed by atoms with Gasteiger partial charge < -0.3 is 4.74 Å². The van der Waals surface area contributed by atoms with Gasteiger partial charge in [0.15, 0.2) is 0 Å². The van der Waals surface area contributed by atoms with Crippen LogP contribution in [0.3, 0.4) is 0 Å². The summed E-state index contributed by atoms with van der Waals surface area (Å²) in [6, 6.07) is 50.0. The van der Waals surface area contributed by atoms with E-state index in [4.69, 9.17) is 13.8 Å². The van der Waals surface area contributed by atoms with Gasteiger partial charge in [0.25, 0.3) is 6.33 Å². The lowest BCUT2D eigenvalue weighted by molar-refractivity contribution is -0.571. The number of imidazole rings is 1. The summed E-state index contributed by atoms with van der Waals surface area (Å²) in [5.74, 6) is 2.11. The number of benzene rings is 8. The maximum atomic E-state index is 9.67. The third-order valence-electron chi connectivity index (χ3n) is 16.4. The Bertz CT molecular complexity index is 4500. The second kappa shape index (κ2) is 20.4. The zero-order valence-corrected chi connectivity index (χ0v) is 52.1. The number of pyridine rings is 1. The van der Waals surface area contributed by atoms with E-state index in [1.807, 2.05) is 36.5 Å². The topological polar surface area (TPSA) is 35.9 Å². The predicted octanol–water partition coefficient (Wildman–Crippen LogP) is 20.8. The van der Waals surface area contributed by atoms with Crippen LogP contribution in [0.5, 0.6) is 11.5 Å². The molecule has 0 N–H and O–H groups in total. The second-order valence-corrected chi connectivity index (χ2v) is 29.0. The summed E-state index contributed by atoms with van der Waals surface area (Å²) in [6.07, 6.45) is 5.80. The number of para-hydroxylation sites is 1. The first-order chi connectivity index (χ1) is 41.0. The smallest absolute Gasteiger partial charge is 0.269 e. The minimum atomic E-state index is -0.444. The second-order valence-electron chi connectivity index (χ2n) is 29.0. The van der Waals surface area contributed by atoms with Crippen LogP contribution < -0.4 is 9.30 Å². The van der Waals surface area contributed by atoms with E-state index in [9.17, 15) is 2.74 Å². The molecule has 0 radical (unpaired) electrons. The molecule has 11 rings (SSSR count). The van der Waals surface area contributed by atoms with Crippen molar-refractivity contribution < 1.29 is 16.2 Å². The Balaban J connectivity index is 1.21. The molecule has 0 amide bonds. The zero-order valence-electron chi connectivity index (χ0n) is 57.1. The molecule has 5 nitrogen and oxygen atoms in total. The third-order valence-corrected chi connectivity index (χ3v) is 16.4. The molecule has 0 aliphatic heterocycles. The Morgan fingerprint density at radius 1 is 0.422 bits per heavy atom. The van der Waals surface area contributed by atoms with E-state index in [1.165, 1.54) is 16.7 Å². The van der Waals surface area contributed by atoms with Crippen LogP contribution in [0.1, 0.15) is 165 Å². The van der Waals surface area contributed by atoms with Gasteiger partial charge in [-0.05, 0) is 154 Å². The molecule has 3 aromatic heterocycles. The van der Waals surface area contributed by atoms with Crippen LogP contribution in [0.4, 0.5) is 0 Å². The number of ether oxygens (including phenoxy) is 1. The number of aromatic nitrogens is 4. The molecule has 0 saturated carbocycles. The fourth-order valence-corrected chi connectivity index (χ4v) is 11.1. The molecule has 8 aromatic carbocycles. The normalized spacial score (nSPS) is 13.8. The molecular formula is C78H84N4O. The standard InChI is InChI=1S/C78H84N4O/c1-73(2,3)54-35-36-79-71(46-54)82-67-30-23-22-29-63(67)64-33-32-62(48-69(64)82)83-61-28-24-27-60(47-61)80-49-81(68-34-31-51(41-70(68)80)52-37-55(74(4,5)6)42-56(38-52)75(7,8)9)72-65(50-25-20-19-21-26-50)44-59(78(16,17)18)45-66(72)53-39-57(76(10,11)12)43-58(40-53)77(13,14)15/h19-48H,1-18H3/i19D,20D,21D,25D,26D. The van der Waals surface area contributed by atoms with Crippen LogP contribution in [0.25, 0.3) is 83.4 Å². The van der Waals surface area contributed by atoms with E-state index in [0.717, 1.165) is 83.3 Å². The minimum Gasteiger partial charge on any atom is -0.458 e. The summed E-state index contributed by atoms with van der Waals surface area (Å²) < 4.78 is 59.7. The van der Waals surface area contributed by atoms with Crippen molar-refractivity contribution in [3.8, 4) is 62.1 Å². The van der Waals surface area contributed by atoms with E-state index in [0.29, 0.717) is 22.7 Å². The molecule has 5 heteroatoms. The summed E-state index contributed by atoms with van der Waals surface area (Å²) in [7, 11) is 0. The number of nitrogens with zero attached hydrogens (tertiary/aromatic N) is 4. The van der Waals surface area contributed by atoms with Crippen molar-refractivity contribution in [3.63, 3.8) is 0 Å². The van der Waals surface area contributed by atoms with Crippen LogP contribution in [0, 0.1) is 6.33 Å². The highest BCUT2D eigenvalue weighted by molar-refractivity contribution is 6.09. The first-order valence-electron chi connectivity index (χ1n) is 31.8. The van der Waals surface area contributed by atoms with E-state index in [2.05, 4.69) is 260 Å². The number of hydrogen-bond donors (Lipinski definition) is 0.